The molecule has 3 rings (SSSR count). The van der Waals surface area contributed by atoms with E-state index in [1.807, 2.05) is 31.2 Å². The third-order valence-electron chi connectivity index (χ3n) is 3.96. The Labute approximate surface area is 145 Å². The number of halogens is 1. The van der Waals surface area contributed by atoms with E-state index in [4.69, 9.17) is 11.6 Å². The van der Waals surface area contributed by atoms with Crippen LogP contribution in [0.1, 0.15) is 39.9 Å². The first-order valence-corrected chi connectivity index (χ1v) is 8.36. The van der Waals surface area contributed by atoms with Gasteiger partial charge >= 0.3 is 0 Å². The predicted octanol–water partition coefficient (Wildman–Crippen LogP) is 2.33. The summed E-state index contributed by atoms with van der Waals surface area (Å²) in [5.74, 6) is -0.382. The van der Waals surface area contributed by atoms with E-state index in [1.54, 1.807) is 15.6 Å². The standard InChI is InChI=1S/C17H19ClN4O2/c1-2-7-19-16(23)14-10-15-17(24)21(8-9-22(15)20-14)11-12-5-3-4-6-13(12)18/h3-6,10H,2,7-9,11H2,1H3,(H,19,23). The highest BCUT2D eigenvalue weighted by Gasteiger charge is 2.28. The average Bonchev–Trinajstić information content (AvgIpc) is 3.02. The van der Waals surface area contributed by atoms with Gasteiger partial charge in [0.05, 0.1) is 6.54 Å². The highest BCUT2D eigenvalue weighted by Crippen LogP contribution is 2.21. The molecule has 0 saturated heterocycles. The van der Waals surface area contributed by atoms with E-state index in [-0.39, 0.29) is 17.5 Å². The molecule has 0 fully saturated rings. The van der Waals surface area contributed by atoms with E-state index in [2.05, 4.69) is 10.4 Å². The molecule has 0 unspecified atom stereocenters. The maximum atomic E-state index is 12.7. The summed E-state index contributed by atoms with van der Waals surface area (Å²) in [4.78, 5) is 26.4. The van der Waals surface area contributed by atoms with Crippen molar-refractivity contribution in [3.05, 3.63) is 52.3 Å². The molecule has 2 amide bonds. The molecule has 0 radical (unpaired) electrons. The minimum absolute atomic E-state index is 0.136. The van der Waals surface area contributed by atoms with Crippen LogP contribution in [-0.2, 0) is 13.1 Å². The fourth-order valence-corrected chi connectivity index (χ4v) is 2.86. The Morgan fingerprint density at radius 3 is 2.88 bits per heavy atom. The zero-order valence-corrected chi connectivity index (χ0v) is 14.2. The summed E-state index contributed by atoms with van der Waals surface area (Å²) in [6.07, 6.45) is 0.851. The molecular formula is C17H19ClN4O2. The Morgan fingerprint density at radius 1 is 1.33 bits per heavy atom. The Morgan fingerprint density at radius 2 is 2.12 bits per heavy atom. The molecule has 7 heteroatoms. The molecule has 1 aromatic carbocycles. The van der Waals surface area contributed by atoms with Gasteiger partial charge in [-0.05, 0) is 18.1 Å². The summed E-state index contributed by atoms with van der Waals surface area (Å²) in [7, 11) is 0. The Kier molecular flexibility index (Phi) is 4.85. The van der Waals surface area contributed by atoms with Crippen molar-refractivity contribution in [2.45, 2.75) is 26.4 Å². The molecule has 0 bridgehead atoms. The topological polar surface area (TPSA) is 67.2 Å². The molecule has 1 aromatic heterocycles. The van der Waals surface area contributed by atoms with Gasteiger partial charge in [-0.1, -0.05) is 36.7 Å². The van der Waals surface area contributed by atoms with Crippen molar-refractivity contribution in [1.82, 2.24) is 20.0 Å². The highest BCUT2D eigenvalue weighted by atomic mass is 35.5. The average molecular weight is 347 g/mol. The number of aromatic nitrogens is 2. The molecular weight excluding hydrogens is 328 g/mol. The van der Waals surface area contributed by atoms with E-state index in [1.165, 1.54) is 0 Å². The summed E-state index contributed by atoms with van der Waals surface area (Å²) < 4.78 is 1.60. The molecule has 1 aliphatic rings. The summed E-state index contributed by atoms with van der Waals surface area (Å²) in [5.41, 5.74) is 1.63. The normalized spacial score (nSPS) is 13.8. The van der Waals surface area contributed by atoms with Crippen LogP contribution < -0.4 is 5.32 Å². The second-order valence-corrected chi connectivity index (χ2v) is 6.12. The van der Waals surface area contributed by atoms with E-state index in [0.29, 0.717) is 36.9 Å². The number of fused-ring (bicyclic) bond motifs is 1. The van der Waals surface area contributed by atoms with Crippen LogP contribution in [0.15, 0.2) is 30.3 Å². The molecule has 0 spiro atoms. The lowest BCUT2D eigenvalue weighted by atomic mass is 10.2. The molecule has 2 heterocycles. The van der Waals surface area contributed by atoms with Crippen LogP contribution in [0.3, 0.4) is 0 Å². The van der Waals surface area contributed by atoms with Crippen LogP contribution in [-0.4, -0.2) is 39.6 Å². The van der Waals surface area contributed by atoms with Crippen molar-refractivity contribution in [1.29, 1.82) is 0 Å². The monoisotopic (exact) mass is 346 g/mol. The van der Waals surface area contributed by atoms with E-state index < -0.39 is 0 Å². The Hall–Kier alpha value is -2.34. The van der Waals surface area contributed by atoms with Crippen molar-refractivity contribution in [2.75, 3.05) is 13.1 Å². The number of carbonyl (C=O) groups is 2. The highest BCUT2D eigenvalue weighted by molar-refractivity contribution is 6.31. The van der Waals surface area contributed by atoms with Gasteiger partial charge in [0.1, 0.15) is 5.69 Å². The lowest BCUT2D eigenvalue weighted by Crippen LogP contribution is -2.39. The second kappa shape index (κ2) is 7.05. The minimum Gasteiger partial charge on any atom is -0.351 e. The van der Waals surface area contributed by atoms with Gasteiger partial charge in [-0.2, -0.15) is 5.10 Å². The molecule has 0 saturated carbocycles. The number of benzene rings is 1. The van der Waals surface area contributed by atoms with Crippen molar-refractivity contribution < 1.29 is 9.59 Å². The molecule has 0 atom stereocenters. The van der Waals surface area contributed by atoms with Gasteiger partial charge in [0.25, 0.3) is 11.8 Å². The van der Waals surface area contributed by atoms with Crippen LogP contribution in [0.2, 0.25) is 5.02 Å². The van der Waals surface area contributed by atoms with Crippen molar-refractivity contribution in [2.24, 2.45) is 0 Å². The number of nitrogens with one attached hydrogen (secondary N) is 1. The molecule has 24 heavy (non-hydrogen) atoms. The zero-order chi connectivity index (χ0) is 17.1. The van der Waals surface area contributed by atoms with Gasteiger partial charge < -0.3 is 10.2 Å². The summed E-state index contributed by atoms with van der Waals surface area (Å²) in [5, 5.41) is 7.66. The largest absolute Gasteiger partial charge is 0.351 e. The van der Waals surface area contributed by atoms with Gasteiger partial charge in [-0.15, -0.1) is 0 Å². The van der Waals surface area contributed by atoms with Gasteiger partial charge in [-0.3, -0.25) is 14.3 Å². The first-order chi connectivity index (χ1) is 11.6. The Bertz CT molecular complexity index is 772. The third-order valence-corrected chi connectivity index (χ3v) is 4.32. The van der Waals surface area contributed by atoms with Crippen LogP contribution in [0.5, 0.6) is 0 Å². The maximum absolute atomic E-state index is 12.7. The third kappa shape index (κ3) is 3.28. The molecule has 1 N–H and O–H groups in total. The van der Waals surface area contributed by atoms with E-state index >= 15 is 0 Å². The van der Waals surface area contributed by atoms with Crippen molar-refractivity contribution >= 4 is 23.4 Å². The molecule has 1 aliphatic heterocycles. The van der Waals surface area contributed by atoms with Gasteiger partial charge in [0.15, 0.2) is 5.69 Å². The van der Waals surface area contributed by atoms with E-state index in [9.17, 15) is 9.59 Å². The second-order valence-electron chi connectivity index (χ2n) is 5.71. The first-order valence-electron chi connectivity index (χ1n) is 7.99. The SMILES string of the molecule is CCCNC(=O)c1cc2n(n1)CCN(Cc1ccccc1Cl)C2=O. The number of carbonyl (C=O) groups excluding carboxylic acids is 2. The van der Waals surface area contributed by atoms with Crippen LogP contribution in [0.25, 0.3) is 0 Å². The summed E-state index contributed by atoms with van der Waals surface area (Å²) in [6.45, 7) is 4.12. The fourth-order valence-electron chi connectivity index (χ4n) is 2.66. The van der Waals surface area contributed by atoms with Crippen LogP contribution >= 0.6 is 11.6 Å². The number of hydrogen-bond acceptors (Lipinski definition) is 3. The van der Waals surface area contributed by atoms with Crippen LogP contribution in [0.4, 0.5) is 0 Å². The zero-order valence-electron chi connectivity index (χ0n) is 13.5. The first kappa shape index (κ1) is 16.5. The van der Waals surface area contributed by atoms with Crippen molar-refractivity contribution in [3.63, 3.8) is 0 Å². The van der Waals surface area contributed by atoms with Gasteiger partial charge in [0.2, 0.25) is 0 Å². The number of nitrogens with zero attached hydrogens (tertiary/aromatic N) is 3. The summed E-state index contributed by atoms with van der Waals surface area (Å²) >= 11 is 6.18. The number of amides is 2. The number of rotatable bonds is 5. The lowest BCUT2D eigenvalue weighted by Gasteiger charge is -2.27. The molecule has 126 valence electrons. The smallest absolute Gasteiger partial charge is 0.272 e. The molecule has 6 nitrogen and oxygen atoms in total. The van der Waals surface area contributed by atoms with Gasteiger partial charge in [-0.25, -0.2) is 0 Å². The van der Waals surface area contributed by atoms with Gasteiger partial charge in [0, 0.05) is 30.7 Å². The fraction of sp³-hybridized carbons (Fsp3) is 0.353. The predicted molar refractivity (Wildman–Crippen MR) is 91.0 cm³/mol. The maximum Gasteiger partial charge on any atom is 0.272 e. The molecule has 0 aliphatic carbocycles. The van der Waals surface area contributed by atoms with Crippen molar-refractivity contribution in [3.8, 4) is 0 Å². The lowest BCUT2D eigenvalue weighted by molar-refractivity contribution is 0.0683. The summed E-state index contributed by atoms with van der Waals surface area (Å²) in [6, 6.07) is 9.04. The van der Waals surface area contributed by atoms with Crippen LogP contribution in [0, 0.1) is 0 Å². The molecule has 2 aromatic rings. The quantitative estimate of drug-likeness (QED) is 0.903. The minimum atomic E-state index is -0.246. The number of hydrogen-bond donors (Lipinski definition) is 1. The van der Waals surface area contributed by atoms with E-state index in [0.717, 1.165) is 12.0 Å². The Balaban J connectivity index is 1.77.